The van der Waals surface area contributed by atoms with Gasteiger partial charge in [0, 0.05) is 56.0 Å². The van der Waals surface area contributed by atoms with E-state index in [0.717, 1.165) is 44.3 Å². The fraction of sp³-hybridized carbons (Fsp3) is 0.500. The number of benzene rings is 2. The van der Waals surface area contributed by atoms with Gasteiger partial charge in [-0.15, -0.1) is 0 Å². The van der Waals surface area contributed by atoms with E-state index in [-0.39, 0.29) is 29.7 Å². The molecule has 38 heavy (non-hydrogen) atoms. The number of anilines is 1. The number of hydrogen-bond donors (Lipinski definition) is 3. The van der Waals surface area contributed by atoms with Crippen molar-refractivity contribution in [1.82, 2.24) is 9.80 Å². The molecule has 0 aliphatic carbocycles. The lowest BCUT2D eigenvalue weighted by Crippen LogP contribution is -2.58. The number of halogens is 2. The third kappa shape index (κ3) is 5.22. The zero-order valence-electron chi connectivity index (χ0n) is 22.1. The van der Waals surface area contributed by atoms with Gasteiger partial charge in [0.2, 0.25) is 5.91 Å². The molecule has 0 aromatic heterocycles. The van der Waals surface area contributed by atoms with Crippen LogP contribution in [0.1, 0.15) is 42.9 Å². The number of aliphatic hydroxyl groups is 2. The number of carbonyl (C=O) groups is 1. The van der Waals surface area contributed by atoms with E-state index in [1.807, 2.05) is 0 Å². The van der Waals surface area contributed by atoms with E-state index in [9.17, 15) is 23.8 Å². The number of aryl methyl sites for hydroxylation is 1. The van der Waals surface area contributed by atoms with E-state index in [0.29, 0.717) is 25.6 Å². The quantitative estimate of drug-likeness (QED) is 0.519. The minimum absolute atomic E-state index is 0.0951. The molecule has 0 saturated carbocycles. The molecule has 0 radical (unpaired) electrons. The average Bonchev–Trinajstić information content (AvgIpc) is 3.23. The fourth-order valence-corrected chi connectivity index (χ4v) is 6.48. The number of aliphatic hydroxyl groups excluding tert-OH is 1. The first-order valence-electron chi connectivity index (χ1n) is 13.5. The minimum Gasteiger partial charge on any atom is -0.389 e. The normalized spacial score (nSPS) is 25.9. The van der Waals surface area contributed by atoms with Crippen LogP contribution in [-0.4, -0.2) is 76.9 Å². The highest BCUT2D eigenvalue weighted by atomic mass is 19.1. The average molecular weight is 526 g/mol. The molecule has 3 N–H and O–H groups in total. The summed E-state index contributed by atoms with van der Waals surface area (Å²) >= 11 is 0. The molecule has 1 spiro atoms. The summed E-state index contributed by atoms with van der Waals surface area (Å²) in [4.78, 5) is 16.4. The van der Waals surface area contributed by atoms with E-state index in [2.05, 4.69) is 42.3 Å². The predicted octanol–water partition coefficient (Wildman–Crippen LogP) is 3.71. The van der Waals surface area contributed by atoms with Crippen molar-refractivity contribution in [2.75, 3.05) is 44.6 Å². The SMILES string of the molecule is Cc1ccc2c(c1)NCC21CCN(CC(O)C2(O)CCN(C(=O)C=Cc3cc(F)cc(F)c3)CC2)C[C@@H]1C. The zero-order valence-corrected chi connectivity index (χ0v) is 22.1. The molecular weight excluding hydrogens is 488 g/mol. The Morgan fingerprint density at radius 3 is 2.53 bits per heavy atom. The molecule has 204 valence electrons. The number of likely N-dealkylation sites (tertiary alicyclic amines) is 2. The second-order valence-corrected chi connectivity index (χ2v) is 11.5. The molecule has 5 rings (SSSR count). The summed E-state index contributed by atoms with van der Waals surface area (Å²) in [5.41, 5.74) is 2.98. The maximum absolute atomic E-state index is 13.4. The molecule has 3 aliphatic heterocycles. The first-order valence-corrected chi connectivity index (χ1v) is 13.5. The second kappa shape index (κ2) is 10.4. The van der Waals surface area contributed by atoms with Crippen LogP contribution in [0.4, 0.5) is 14.5 Å². The van der Waals surface area contributed by atoms with Crippen molar-refractivity contribution in [3.63, 3.8) is 0 Å². The van der Waals surface area contributed by atoms with Crippen LogP contribution in [-0.2, 0) is 10.2 Å². The minimum atomic E-state index is -1.26. The standard InChI is InChI=1S/C30H37F2N3O3/c1-20-3-5-25-26(13-20)33-19-29(25)7-10-34(17-21(29)2)18-27(36)30(38)8-11-35(12-9-30)28(37)6-4-22-14-23(31)16-24(32)15-22/h3-6,13-16,21,27,33,36,38H,7-12,17-19H2,1-2H3/t21-,27?,29?/m0/s1. The van der Waals surface area contributed by atoms with Gasteiger partial charge in [0.1, 0.15) is 11.6 Å². The Labute approximate surface area is 223 Å². The summed E-state index contributed by atoms with van der Waals surface area (Å²) in [7, 11) is 0. The number of rotatable bonds is 5. The number of nitrogens with zero attached hydrogens (tertiary/aromatic N) is 2. The lowest BCUT2D eigenvalue weighted by molar-refractivity contribution is -0.140. The molecule has 2 fully saturated rings. The van der Waals surface area contributed by atoms with Gasteiger partial charge in [0.25, 0.3) is 0 Å². The zero-order chi connectivity index (χ0) is 27.1. The summed E-state index contributed by atoms with van der Waals surface area (Å²) < 4.78 is 26.8. The summed E-state index contributed by atoms with van der Waals surface area (Å²) in [6.45, 7) is 8.01. The Hall–Kier alpha value is -2.81. The van der Waals surface area contributed by atoms with E-state index >= 15 is 0 Å². The third-order valence-corrected chi connectivity index (χ3v) is 8.95. The lowest BCUT2D eigenvalue weighted by Gasteiger charge is -2.47. The number of fused-ring (bicyclic) bond motifs is 2. The maximum atomic E-state index is 13.4. The van der Waals surface area contributed by atoms with Crippen molar-refractivity contribution < 1.29 is 23.8 Å². The Bertz CT molecular complexity index is 1210. The summed E-state index contributed by atoms with van der Waals surface area (Å²) in [6, 6.07) is 9.75. The van der Waals surface area contributed by atoms with Crippen molar-refractivity contribution in [2.24, 2.45) is 5.92 Å². The topological polar surface area (TPSA) is 76.0 Å². The van der Waals surface area contributed by atoms with E-state index in [1.165, 1.54) is 29.0 Å². The first kappa shape index (κ1) is 26.8. The van der Waals surface area contributed by atoms with Crippen LogP contribution < -0.4 is 5.32 Å². The predicted molar refractivity (Wildman–Crippen MR) is 144 cm³/mol. The molecule has 3 heterocycles. The Morgan fingerprint density at radius 2 is 1.84 bits per heavy atom. The molecule has 0 bridgehead atoms. The molecule has 3 aliphatic rings. The monoisotopic (exact) mass is 525 g/mol. The molecule has 1 amide bonds. The molecule has 2 aromatic rings. The van der Waals surface area contributed by atoms with Crippen molar-refractivity contribution in [3.8, 4) is 0 Å². The van der Waals surface area contributed by atoms with Gasteiger partial charge in [0.05, 0.1) is 11.7 Å². The number of β-amino-alcohol motifs (C(OH)–C–C–N with tert-alkyl or cyclic N) is 1. The number of hydrogen-bond acceptors (Lipinski definition) is 5. The molecule has 2 aromatic carbocycles. The molecule has 2 saturated heterocycles. The highest BCUT2D eigenvalue weighted by Gasteiger charge is 2.47. The van der Waals surface area contributed by atoms with Crippen molar-refractivity contribution in [1.29, 1.82) is 0 Å². The summed E-state index contributed by atoms with van der Waals surface area (Å²) in [5.74, 6) is -1.30. The first-order chi connectivity index (χ1) is 18.1. The van der Waals surface area contributed by atoms with Gasteiger partial charge in [-0.2, -0.15) is 0 Å². The van der Waals surface area contributed by atoms with Gasteiger partial charge in [-0.05, 0) is 79.6 Å². The highest BCUT2D eigenvalue weighted by molar-refractivity contribution is 5.91. The maximum Gasteiger partial charge on any atom is 0.246 e. The molecule has 6 nitrogen and oxygen atoms in total. The fourth-order valence-electron chi connectivity index (χ4n) is 6.48. The number of nitrogens with one attached hydrogen (secondary N) is 1. The second-order valence-electron chi connectivity index (χ2n) is 11.5. The van der Waals surface area contributed by atoms with Gasteiger partial charge in [-0.3, -0.25) is 4.79 Å². The van der Waals surface area contributed by atoms with Crippen LogP contribution in [0.3, 0.4) is 0 Å². The van der Waals surface area contributed by atoms with Crippen LogP contribution in [0, 0.1) is 24.5 Å². The highest BCUT2D eigenvalue weighted by Crippen LogP contribution is 2.47. The Morgan fingerprint density at radius 1 is 1.13 bits per heavy atom. The number of piperidine rings is 2. The van der Waals surface area contributed by atoms with Crippen LogP contribution in [0.5, 0.6) is 0 Å². The smallest absolute Gasteiger partial charge is 0.246 e. The van der Waals surface area contributed by atoms with Crippen molar-refractivity contribution >= 4 is 17.7 Å². The van der Waals surface area contributed by atoms with Gasteiger partial charge in [-0.25, -0.2) is 8.78 Å². The van der Waals surface area contributed by atoms with Crippen molar-refractivity contribution in [3.05, 3.63) is 70.8 Å². The van der Waals surface area contributed by atoms with Crippen molar-refractivity contribution in [2.45, 2.75) is 50.2 Å². The molecule has 8 heteroatoms. The Balaban J connectivity index is 1.14. The largest absolute Gasteiger partial charge is 0.389 e. The summed E-state index contributed by atoms with van der Waals surface area (Å²) in [6.07, 6.45) is 3.29. The van der Waals surface area contributed by atoms with Gasteiger partial charge >= 0.3 is 0 Å². The van der Waals surface area contributed by atoms with Gasteiger partial charge < -0.3 is 25.3 Å². The van der Waals surface area contributed by atoms with Gasteiger partial charge in [0.15, 0.2) is 0 Å². The van der Waals surface area contributed by atoms with E-state index < -0.39 is 23.3 Å². The number of carbonyl (C=O) groups excluding carboxylic acids is 1. The van der Waals surface area contributed by atoms with Gasteiger partial charge in [-0.1, -0.05) is 19.1 Å². The molecule has 2 unspecified atom stereocenters. The lowest BCUT2D eigenvalue weighted by atomic mass is 9.67. The van der Waals surface area contributed by atoms with Crippen LogP contribution >= 0.6 is 0 Å². The van der Waals surface area contributed by atoms with Crippen LogP contribution in [0.15, 0.2) is 42.5 Å². The number of amides is 1. The summed E-state index contributed by atoms with van der Waals surface area (Å²) in [5, 5.41) is 25.9. The Kier molecular flexibility index (Phi) is 7.33. The van der Waals surface area contributed by atoms with Crippen LogP contribution in [0.2, 0.25) is 0 Å². The molecule has 3 atom stereocenters. The van der Waals surface area contributed by atoms with E-state index in [4.69, 9.17) is 0 Å². The van der Waals surface area contributed by atoms with E-state index in [1.54, 1.807) is 4.90 Å². The molecular formula is C30H37F2N3O3. The third-order valence-electron chi connectivity index (χ3n) is 8.95. The van der Waals surface area contributed by atoms with Crippen LogP contribution in [0.25, 0.3) is 6.08 Å².